The van der Waals surface area contributed by atoms with Gasteiger partial charge in [0, 0.05) is 36.8 Å². The second kappa shape index (κ2) is 13.3. The van der Waals surface area contributed by atoms with Crippen LogP contribution in [0.4, 0.5) is 11.4 Å². The number of ether oxygens (including phenoxy) is 2. The molecule has 2 aromatic carbocycles. The van der Waals surface area contributed by atoms with E-state index in [0.717, 1.165) is 73.5 Å². The Morgan fingerprint density at radius 3 is 2.02 bits per heavy atom. The van der Waals surface area contributed by atoms with E-state index in [2.05, 4.69) is 34.6 Å². The van der Waals surface area contributed by atoms with Gasteiger partial charge in [-0.05, 0) is 161 Å². The Hall–Kier alpha value is -2.89. The summed E-state index contributed by atoms with van der Waals surface area (Å²) >= 11 is 0. The lowest BCUT2D eigenvalue weighted by molar-refractivity contribution is -0.164. The first-order valence-corrected chi connectivity index (χ1v) is 18.4. The second-order valence-corrected chi connectivity index (χ2v) is 15.8. The van der Waals surface area contributed by atoms with Crippen molar-refractivity contribution in [2.45, 2.75) is 111 Å². The third-order valence-corrected chi connectivity index (χ3v) is 13.6. The molecule has 0 aliphatic heterocycles. The zero-order valence-electron chi connectivity index (χ0n) is 29.0. The summed E-state index contributed by atoms with van der Waals surface area (Å²) in [5, 5.41) is 0. The van der Waals surface area contributed by atoms with Crippen LogP contribution in [-0.2, 0) is 4.79 Å². The van der Waals surface area contributed by atoms with Crippen LogP contribution in [0.2, 0.25) is 0 Å². The predicted molar refractivity (Wildman–Crippen MR) is 187 cm³/mol. The maximum absolute atomic E-state index is 12.9. The Morgan fingerprint density at radius 1 is 0.804 bits per heavy atom. The van der Waals surface area contributed by atoms with E-state index in [1.165, 1.54) is 32.1 Å². The van der Waals surface area contributed by atoms with Crippen molar-refractivity contribution in [1.29, 1.82) is 0 Å². The average molecular weight is 630 g/mol. The van der Waals surface area contributed by atoms with E-state index in [9.17, 15) is 4.79 Å². The summed E-state index contributed by atoms with van der Waals surface area (Å²) in [6.07, 6.45) is 11.7. The number of nitrogens with zero attached hydrogens (tertiary/aromatic N) is 1. The van der Waals surface area contributed by atoms with Crippen molar-refractivity contribution in [1.82, 2.24) is 4.90 Å². The van der Waals surface area contributed by atoms with Gasteiger partial charge in [-0.15, -0.1) is 0 Å². The minimum absolute atomic E-state index is 0.151. The van der Waals surface area contributed by atoms with Gasteiger partial charge in [-0.25, -0.2) is 0 Å². The van der Waals surface area contributed by atoms with E-state index < -0.39 is 0 Å². The van der Waals surface area contributed by atoms with Crippen LogP contribution in [0, 0.1) is 46.3 Å². The highest BCUT2D eigenvalue weighted by Gasteiger charge is 2.63. The first-order chi connectivity index (χ1) is 22.1. The molecular weight excluding hydrogens is 570 g/mol. The van der Waals surface area contributed by atoms with E-state index in [1.54, 1.807) is 0 Å². The number of rotatable bonds is 10. The molecule has 4 N–H and O–H groups in total. The maximum Gasteiger partial charge on any atom is 0.222 e. The van der Waals surface area contributed by atoms with Gasteiger partial charge in [0.1, 0.15) is 17.6 Å². The molecule has 6 rings (SSSR count). The predicted octanol–water partition coefficient (Wildman–Crippen LogP) is 8.60. The Bertz CT molecular complexity index is 1330. The molecule has 1 amide bonds. The molecule has 2 aromatic rings. The van der Waals surface area contributed by atoms with E-state index in [-0.39, 0.29) is 17.6 Å². The van der Waals surface area contributed by atoms with Gasteiger partial charge < -0.3 is 25.8 Å². The van der Waals surface area contributed by atoms with Crippen molar-refractivity contribution < 1.29 is 14.3 Å². The van der Waals surface area contributed by atoms with E-state index in [0.29, 0.717) is 41.4 Å². The van der Waals surface area contributed by atoms with Gasteiger partial charge in [0.15, 0.2) is 0 Å². The minimum Gasteiger partial charge on any atom is -0.490 e. The number of fused-ring (bicyclic) bond motifs is 5. The van der Waals surface area contributed by atoms with Gasteiger partial charge in [-0.2, -0.15) is 0 Å². The minimum atomic E-state index is 0.151. The molecule has 4 aliphatic rings. The molecule has 6 heteroatoms. The zero-order chi connectivity index (χ0) is 32.6. The van der Waals surface area contributed by atoms with Gasteiger partial charge in [-0.3, -0.25) is 4.79 Å². The van der Waals surface area contributed by atoms with Crippen LogP contribution in [0.15, 0.2) is 48.5 Å². The topological polar surface area (TPSA) is 90.8 Å². The number of nitrogens with two attached hydrogens (primary N) is 2. The molecule has 3 unspecified atom stereocenters. The first-order valence-electron chi connectivity index (χ1n) is 18.4. The largest absolute Gasteiger partial charge is 0.490 e. The van der Waals surface area contributed by atoms with Crippen molar-refractivity contribution in [3.05, 3.63) is 48.5 Å². The van der Waals surface area contributed by atoms with Gasteiger partial charge >= 0.3 is 0 Å². The highest BCUT2D eigenvalue weighted by molar-refractivity contribution is 5.76. The second-order valence-electron chi connectivity index (χ2n) is 15.8. The number of anilines is 2. The van der Waals surface area contributed by atoms with E-state index in [4.69, 9.17) is 20.9 Å². The van der Waals surface area contributed by atoms with Gasteiger partial charge in [-0.1, -0.05) is 20.8 Å². The van der Waals surface area contributed by atoms with Crippen molar-refractivity contribution >= 4 is 17.3 Å². The van der Waals surface area contributed by atoms with Gasteiger partial charge in [0.25, 0.3) is 0 Å². The molecular formula is C40H59N3O3. The van der Waals surface area contributed by atoms with Crippen LogP contribution in [0.3, 0.4) is 0 Å². The lowest BCUT2D eigenvalue weighted by Crippen LogP contribution is -2.59. The van der Waals surface area contributed by atoms with Crippen LogP contribution >= 0.6 is 0 Å². The normalized spacial score (nSPS) is 35.7. The molecule has 0 aromatic heterocycles. The molecule has 10 atom stereocenters. The third-order valence-electron chi connectivity index (χ3n) is 13.6. The Labute approximate surface area is 278 Å². The molecule has 0 heterocycles. The molecule has 4 saturated carbocycles. The summed E-state index contributed by atoms with van der Waals surface area (Å²) in [5.74, 6) is 5.96. The van der Waals surface area contributed by atoms with Gasteiger partial charge in [0.2, 0.25) is 5.91 Å². The fourth-order valence-electron chi connectivity index (χ4n) is 11.2. The average Bonchev–Trinajstić information content (AvgIpc) is 3.40. The fourth-order valence-corrected chi connectivity index (χ4v) is 11.2. The summed E-state index contributed by atoms with van der Waals surface area (Å²) in [4.78, 5) is 14.9. The van der Waals surface area contributed by atoms with Crippen LogP contribution < -0.4 is 20.9 Å². The van der Waals surface area contributed by atoms with Crippen molar-refractivity contribution in [2.75, 3.05) is 24.6 Å². The molecule has 0 saturated heterocycles. The standard InChI is InChI=1S/C40H59N3O3/c1-6-43(7-2)38(44)19-8-26(3)33-17-18-34-32-25-37(46-30-15-11-28(42)12-16-30)36-24-31(45-29-13-9-27(41)10-14-29)20-22-40(36,5)35(32)21-23-39(33,34)4/h9-16,26,31-37H,6-8,17-25,41-42H2,1-5H3/t26-,31?,32+,33-,34+,35+,36?,37?,39-,40-/m1/s1. The molecule has 6 nitrogen and oxygen atoms in total. The molecule has 0 radical (unpaired) electrons. The summed E-state index contributed by atoms with van der Waals surface area (Å²) in [7, 11) is 0. The zero-order valence-corrected chi connectivity index (χ0v) is 29.0. The lowest BCUT2D eigenvalue weighted by Gasteiger charge is -2.63. The molecule has 46 heavy (non-hydrogen) atoms. The van der Waals surface area contributed by atoms with E-state index in [1.807, 2.05) is 53.4 Å². The highest BCUT2D eigenvalue weighted by atomic mass is 16.5. The lowest BCUT2D eigenvalue weighted by atomic mass is 9.43. The Morgan fingerprint density at radius 2 is 1.39 bits per heavy atom. The molecule has 252 valence electrons. The first kappa shape index (κ1) is 33.0. The number of carbonyl (C=O) groups is 1. The SMILES string of the molecule is CCN(CC)C(=O)CC[C@@H](C)[C@H]1CC[C@H]2[C@@H]3CC(Oc4ccc(N)cc4)C4CC(Oc5ccc(N)cc5)CC[C@]4(C)[C@H]3CC[C@]12C. The number of hydrogen-bond acceptors (Lipinski definition) is 5. The Balaban J connectivity index is 1.22. The maximum atomic E-state index is 12.9. The number of hydrogen-bond donors (Lipinski definition) is 2. The molecule has 0 spiro atoms. The summed E-state index contributed by atoms with van der Waals surface area (Å²) in [6, 6.07) is 15.9. The number of benzene rings is 2. The number of carbonyl (C=O) groups excluding carboxylic acids is 1. The Kier molecular flexibility index (Phi) is 9.56. The summed E-state index contributed by atoms with van der Waals surface area (Å²) < 4.78 is 13.6. The summed E-state index contributed by atoms with van der Waals surface area (Å²) in [5.41, 5.74) is 14.1. The van der Waals surface area contributed by atoms with Crippen LogP contribution in [0.5, 0.6) is 11.5 Å². The third kappa shape index (κ3) is 6.22. The fraction of sp³-hybridized carbons (Fsp3) is 0.675. The molecule has 0 bridgehead atoms. The number of nitrogen functional groups attached to an aromatic ring is 2. The number of amides is 1. The van der Waals surface area contributed by atoms with Crippen LogP contribution in [0.25, 0.3) is 0 Å². The van der Waals surface area contributed by atoms with Gasteiger partial charge in [0.05, 0.1) is 6.10 Å². The summed E-state index contributed by atoms with van der Waals surface area (Å²) in [6.45, 7) is 13.5. The van der Waals surface area contributed by atoms with Crippen molar-refractivity contribution in [3.63, 3.8) is 0 Å². The van der Waals surface area contributed by atoms with Crippen molar-refractivity contribution in [3.8, 4) is 11.5 Å². The highest BCUT2D eigenvalue weighted by Crippen LogP contribution is 2.68. The smallest absolute Gasteiger partial charge is 0.222 e. The molecule has 4 fully saturated rings. The van der Waals surface area contributed by atoms with Crippen LogP contribution in [-0.4, -0.2) is 36.1 Å². The molecule has 4 aliphatic carbocycles. The monoisotopic (exact) mass is 629 g/mol. The van der Waals surface area contributed by atoms with Crippen LogP contribution in [0.1, 0.15) is 98.8 Å². The quantitative estimate of drug-likeness (QED) is 0.257. The van der Waals surface area contributed by atoms with Crippen molar-refractivity contribution in [2.24, 2.45) is 46.3 Å². The van der Waals surface area contributed by atoms with E-state index >= 15 is 0 Å².